The fourth-order valence-corrected chi connectivity index (χ4v) is 5.67. The summed E-state index contributed by atoms with van der Waals surface area (Å²) in [6, 6.07) is 12.7. The summed E-state index contributed by atoms with van der Waals surface area (Å²) >= 11 is 7.56. The SMILES string of the molecule is O=C(c1csc(-c2ccncc2)n1)N1CCN2C(=O)c3ccncc3C12c1ccc(Cl)cc1. The Morgan fingerprint density at radius 2 is 1.76 bits per heavy atom. The minimum Gasteiger partial charge on any atom is -0.306 e. The van der Waals surface area contributed by atoms with Crippen molar-refractivity contribution in [2.45, 2.75) is 5.66 Å². The van der Waals surface area contributed by atoms with E-state index in [1.54, 1.807) is 58.2 Å². The molecule has 1 atom stereocenters. The molecule has 6 rings (SSSR count). The third kappa shape index (κ3) is 2.84. The van der Waals surface area contributed by atoms with E-state index >= 15 is 0 Å². The van der Waals surface area contributed by atoms with Crippen molar-refractivity contribution in [2.75, 3.05) is 13.1 Å². The van der Waals surface area contributed by atoms with Crippen molar-refractivity contribution in [3.8, 4) is 10.6 Å². The van der Waals surface area contributed by atoms with Crippen LogP contribution in [0.15, 0.2) is 72.6 Å². The molecule has 9 heteroatoms. The third-order valence-corrected chi connectivity index (χ3v) is 7.29. The van der Waals surface area contributed by atoms with Crippen molar-refractivity contribution >= 4 is 34.8 Å². The van der Waals surface area contributed by atoms with Crippen LogP contribution in [0.1, 0.15) is 32.0 Å². The van der Waals surface area contributed by atoms with Gasteiger partial charge < -0.3 is 9.80 Å². The molecule has 162 valence electrons. The number of hydrogen-bond donors (Lipinski definition) is 0. The number of carbonyl (C=O) groups excluding carboxylic acids is 2. The molecule has 0 aliphatic carbocycles. The molecule has 1 saturated heterocycles. The van der Waals surface area contributed by atoms with E-state index in [1.165, 1.54) is 11.3 Å². The average Bonchev–Trinajstić information content (AvgIpc) is 3.55. The molecular formula is C24H16ClN5O2S. The summed E-state index contributed by atoms with van der Waals surface area (Å²) in [7, 11) is 0. The highest BCUT2D eigenvalue weighted by Crippen LogP contribution is 2.50. The van der Waals surface area contributed by atoms with Crippen molar-refractivity contribution in [3.63, 3.8) is 0 Å². The fourth-order valence-electron chi connectivity index (χ4n) is 4.75. The summed E-state index contributed by atoms with van der Waals surface area (Å²) in [4.78, 5) is 43.6. The van der Waals surface area contributed by atoms with Gasteiger partial charge in [-0.2, -0.15) is 0 Å². The predicted molar refractivity (Wildman–Crippen MR) is 124 cm³/mol. The molecule has 3 aromatic heterocycles. The predicted octanol–water partition coefficient (Wildman–Crippen LogP) is 4.07. The minimum atomic E-state index is -1.09. The molecule has 7 nitrogen and oxygen atoms in total. The first-order chi connectivity index (χ1) is 16.1. The number of benzene rings is 1. The second-order valence-electron chi connectivity index (χ2n) is 7.79. The van der Waals surface area contributed by atoms with Crippen LogP contribution in [0.2, 0.25) is 5.02 Å². The molecule has 5 heterocycles. The van der Waals surface area contributed by atoms with E-state index in [-0.39, 0.29) is 11.8 Å². The fraction of sp³-hybridized carbons (Fsp3) is 0.125. The Kier molecular flexibility index (Phi) is 4.53. The molecule has 2 amide bonds. The number of rotatable bonds is 3. The zero-order chi connectivity index (χ0) is 22.6. The Hall–Kier alpha value is -3.62. The van der Waals surface area contributed by atoms with E-state index in [9.17, 15) is 9.59 Å². The minimum absolute atomic E-state index is 0.117. The lowest BCUT2D eigenvalue weighted by Gasteiger charge is -2.40. The summed E-state index contributed by atoms with van der Waals surface area (Å²) in [6.07, 6.45) is 6.67. The summed E-state index contributed by atoms with van der Waals surface area (Å²) < 4.78 is 0. The van der Waals surface area contributed by atoms with Gasteiger partial charge in [0.05, 0.1) is 5.56 Å². The van der Waals surface area contributed by atoms with Gasteiger partial charge in [-0.3, -0.25) is 19.6 Å². The number of amides is 2. The Bertz CT molecular complexity index is 1390. The maximum absolute atomic E-state index is 13.9. The topological polar surface area (TPSA) is 79.3 Å². The summed E-state index contributed by atoms with van der Waals surface area (Å²) in [5.41, 5.74) is 2.16. The highest BCUT2D eigenvalue weighted by molar-refractivity contribution is 7.13. The molecular weight excluding hydrogens is 458 g/mol. The average molecular weight is 474 g/mol. The zero-order valence-electron chi connectivity index (χ0n) is 17.2. The number of carbonyl (C=O) groups is 2. The largest absolute Gasteiger partial charge is 0.306 e. The van der Waals surface area contributed by atoms with Crippen LogP contribution >= 0.6 is 22.9 Å². The van der Waals surface area contributed by atoms with Gasteiger partial charge in [0.25, 0.3) is 11.8 Å². The van der Waals surface area contributed by atoms with Crippen LogP contribution in [-0.2, 0) is 5.66 Å². The smallest absolute Gasteiger partial charge is 0.275 e. The molecule has 0 N–H and O–H groups in total. The van der Waals surface area contributed by atoms with Crippen LogP contribution in [0.3, 0.4) is 0 Å². The summed E-state index contributed by atoms with van der Waals surface area (Å²) in [5, 5.41) is 3.08. The number of hydrogen-bond acceptors (Lipinski definition) is 6. The van der Waals surface area contributed by atoms with Crippen LogP contribution in [-0.4, -0.2) is 49.7 Å². The van der Waals surface area contributed by atoms with Gasteiger partial charge in [-0.05, 0) is 30.3 Å². The lowest BCUT2D eigenvalue weighted by molar-refractivity contribution is 0.0371. The van der Waals surface area contributed by atoms with E-state index in [2.05, 4.69) is 15.0 Å². The van der Waals surface area contributed by atoms with E-state index < -0.39 is 5.66 Å². The number of thiazole rings is 1. The van der Waals surface area contributed by atoms with Gasteiger partial charge in [0.1, 0.15) is 10.7 Å². The van der Waals surface area contributed by atoms with Gasteiger partial charge in [-0.15, -0.1) is 11.3 Å². The second-order valence-corrected chi connectivity index (χ2v) is 9.08. The molecule has 0 saturated carbocycles. The highest BCUT2D eigenvalue weighted by Gasteiger charge is 2.60. The third-order valence-electron chi connectivity index (χ3n) is 6.14. The first kappa shape index (κ1) is 20.0. The van der Waals surface area contributed by atoms with Crippen molar-refractivity contribution in [1.29, 1.82) is 0 Å². The number of pyridine rings is 2. The van der Waals surface area contributed by atoms with Gasteiger partial charge in [0.2, 0.25) is 0 Å². The van der Waals surface area contributed by atoms with Gasteiger partial charge >= 0.3 is 0 Å². The molecule has 1 aromatic carbocycles. The van der Waals surface area contributed by atoms with Crippen molar-refractivity contribution in [1.82, 2.24) is 24.8 Å². The molecule has 4 aromatic rings. The van der Waals surface area contributed by atoms with Gasteiger partial charge in [-0.25, -0.2) is 4.98 Å². The van der Waals surface area contributed by atoms with Crippen molar-refractivity contribution in [2.24, 2.45) is 0 Å². The second kappa shape index (κ2) is 7.47. The van der Waals surface area contributed by atoms with Crippen LogP contribution in [0.4, 0.5) is 0 Å². The van der Waals surface area contributed by atoms with E-state index in [0.717, 1.165) is 16.1 Å². The summed E-state index contributed by atoms with van der Waals surface area (Å²) in [6.45, 7) is 0.785. The van der Waals surface area contributed by atoms with E-state index in [0.29, 0.717) is 34.9 Å². The molecule has 0 radical (unpaired) electrons. The Labute approximate surface area is 198 Å². The normalized spacial score (nSPS) is 19.0. The van der Waals surface area contributed by atoms with Crippen LogP contribution < -0.4 is 0 Å². The lowest BCUT2D eigenvalue weighted by atomic mass is 9.91. The van der Waals surface area contributed by atoms with Crippen LogP contribution in [0, 0.1) is 0 Å². The Balaban J connectivity index is 1.50. The first-order valence-corrected chi connectivity index (χ1v) is 11.6. The van der Waals surface area contributed by atoms with Gasteiger partial charge in [0, 0.05) is 65.0 Å². The zero-order valence-corrected chi connectivity index (χ0v) is 18.8. The maximum Gasteiger partial charge on any atom is 0.275 e. The van der Waals surface area contributed by atoms with Crippen LogP contribution in [0.25, 0.3) is 10.6 Å². The van der Waals surface area contributed by atoms with Gasteiger partial charge in [-0.1, -0.05) is 23.7 Å². The molecule has 1 fully saturated rings. The monoisotopic (exact) mass is 473 g/mol. The molecule has 33 heavy (non-hydrogen) atoms. The molecule has 0 bridgehead atoms. The van der Waals surface area contributed by atoms with Crippen molar-refractivity contribution in [3.05, 3.63) is 100 Å². The molecule has 0 spiro atoms. The lowest BCUT2D eigenvalue weighted by Crippen LogP contribution is -2.51. The molecule has 2 aliphatic heterocycles. The van der Waals surface area contributed by atoms with Gasteiger partial charge in [0.15, 0.2) is 5.66 Å². The standard InChI is InChI=1S/C24H16ClN5O2S/c25-17-3-1-16(2-4-17)24-19-13-27-10-7-18(19)22(31)29(24)11-12-30(24)23(32)20-14-33-21(28-20)15-5-8-26-9-6-15/h1-10,13-14H,11-12H2. The molecule has 2 aliphatic rings. The highest BCUT2D eigenvalue weighted by atomic mass is 35.5. The Morgan fingerprint density at radius 3 is 2.55 bits per heavy atom. The number of fused-ring (bicyclic) bond motifs is 3. The Morgan fingerprint density at radius 1 is 1.00 bits per heavy atom. The quantitative estimate of drug-likeness (QED) is 0.448. The number of halogens is 1. The molecule has 1 unspecified atom stereocenters. The number of nitrogens with zero attached hydrogens (tertiary/aromatic N) is 5. The summed E-state index contributed by atoms with van der Waals surface area (Å²) in [5.74, 6) is -0.359. The van der Waals surface area contributed by atoms with Crippen molar-refractivity contribution < 1.29 is 9.59 Å². The maximum atomic E-state index is 13.9. The van der Waals surface area contributed by atoms with E-state index in [1.807, 2.05) is 24.3 Å². The van der Waals surface area contributed by atoms with E-state index in [4.69, 9.17) is 11.6 Å². The number of aromatic nitrogens is 3. The first-order valence-electron chi connectivity index (χ1n) is 10.3. The van der Waals surface area contributed by atoms with Crippen LogP contribution in [0.5, 0.6) is 0 Å².